The maximum atomic E-state index is 2.36. The van der Waals surface area contributed by atoms with Crippen molar-refractivity contribution in [2.45, 2.75) is 13.8 Å². The number of hydrogen-bond acceptors (Lipinski definition) is 2. The average Bonchev–Trinajstić information content (AvgIpc) is 3.33. The van der Waals surface area contributed by atoms with Crippen LogP contribution in [0.25, 0.3) is 29.4 Å². The van der Waals surface area contributed by atoms with Gasteiger partial charge in [0.2, 0.25) is 0 Å². The fraction of sp³-hybridized carbons (Fsp3) is 0.0500. The first-order chi connectivity index (χ1) is 20.7. The first-order valence-corrected chi connectivity index (χ1v) is 14.5. The van der Waals surface area contributed by atoms with E-state index in [0.29, 0.717) is 0 Å². The van der Waals surface area contributed by atoms with Gasteiger partial charge >= 0.3 is 0 Å². The predicted molar refractivity (Wildman–Crippen MR) is 181 cm³/mol. The van der Waals surface area contributed by atoms with E-state index in [1.165, 1.54) is 56.1 Å². The first kappa shape index (κ1) is 25.6. The topological polar surface area (TPSA) is 6.48 Å². The lowest BCUT2D eigenvalue weighted by atomic mass is 10.0. The van der Waals surface area contributed by atoms with Crippen molar-refractivity contribution in [2.24, 2.45) is 0 Å². The molecule has 0 bridgehead atoms. The van der Waals surface area contributed by atoms with Gasteiger partial charge in [0.1, 0.15) is 0 Å². The zero-order valence-corrected chi connectivity index (χ0v) is 23.9. The summed E-state index contributed by atoms with van der Waals surface area (Å²) in [6.45, 7) is 4.21. The molecule has 2 nitrogen and oxygen atoms in total. The summed E-state index contributed by atoms with van der Waals surface area (Å²) in [5.74, 6) is 0. The van der Waals surface area contributed by atoms with Crippen LogP contribution in [0.4, 0.5) is 28.4 Å². The van der Waals surface area contributed by atoms with Gasteiger partial charge in [-0.3, -0.25) is 0 Å². The van der Waals surface area contributed by atoms with Crippen LogP contribution in [0.3, 0.4) is 0 Å². The normalized spacial score (nSPS) is 15.7. The molecule has 5 aromatic rings. The molecule has 2 heteroatoms. The van der Waals surface area contributed by atoms with Gasteiger partial charge in [-0.2, -0.15) is 0 Å². The van der Waals surface area contributed by atoms with E-state index in [1.807, 2.05) is 0 Å². The molecular formula is C40H32N2. The molecule has 0 N–H and O–H groups in total. The van der Waals surface area contributed by atoms with Gasteiger partial charge < -0.3 is 9.80 Å². The Labute approximate surface area is 248 Å². The Kier molecular flexibility index (Phi) is 6.65. The van der Waals surface area contributed by atoms with E-state index in [4.69, 9.17) is 0 Å². The van der Waals surface area contributed by atoms with E-state index in [9.17, 15) is 0 Å². The van der Waals surface area contributed by atoms with Crippen molar-refractivity contribution in [2.75, 3.05) is 9.80 Å². The molecule has 5 aromatic carbocycles. The second-order valence-electron chi connectivity index (χ2n) is 10.5. The number of allylic oxidation sites excluding steroid dienone is 3. The summed E-state index contributed by atoms with van der Waals surface area (Å²) in [5, 5.41) is 0. The Balaban J connectivity index is 1.24. The summed E-state index contributed by atoms with van der Waals surface area (Å²) < 4.78 is 0. The van der Waals surface area contributed by atoms with Crippen LogP contribution in [-0.4, -0.2) is 0 Å². The second-order valence-corrected chi connectivity index (χ2v) is 10.5. The molecule has 7 rings (SSSR count). The minimum Gasteiger partial charge on any atom is -0.310 e. The molecule has 42 heavy (non-hydrogen) atoms. The van der Waals surface area contributed by atoms with Gasteiger partial charge in [-0.25, -0.2) is 0 Å². The molecule has 2 aliphatic heterocycles. The highest BCUT2D eigenvalue weighted by atomic mass is 15.2. The highest BCUT2D eigenvalue weighted by molar-refractivity contribution is 5.93. The van der Waals surface area contributed by atoms with Gasteiger partial charge in [-0.1, -0.05) is 115 Å². The SMILES string of the molecule is C/C=C1/C=Cc2ccccc2N(c2ccc(-c3ccc(N4c5ccccc5C=Cc5ccccc54)cc3)cc2)/C1=C/C. The maximum absolute atomic E-state index is 2.36. The zero-order chi connectivity index (χ0) is 28.5. The maximum Gasteiger partial charge on any atom is 0.0534 e. The van der Waals surface area contributed by atoms with E-state index in [2.05, 4.69) is 181 Å². The Morgan fingerprint density at radius 3 is 1.26 bits per heavy atom. The van der Waals surface area contributed by atoms with E-state index in [-0.39, 0.29) is 0 Å². The lowest BCUT2D eigenvalue weighted by molar-refractivity contribution is 1.17. The number of para-hydroxylation sites is 3. The number of hydrogen-bond donors (Lipinski definition) is 0. The van der Waals surface area contributed by atoms with E-state index < -0.39 is 0 Å². The summed E-state index contributed by atoms with van der Waals surface area (Å²) in [6.07, 6.45) is 13.2. The lowest BCUT2D eigenvalue weighted by Crippen LogP contribution is -2.17. The first-order valence-electron chi connectivity index (χ1n) is 14.5. The third-order valence-electron chi connectivity index (χ3n) is 8.12. The highest BCUT2D eigenvalue weighted by Gasteiger charge is 2.22. The standard InChI is InChI=1S/C40H32N2/c1-3-29-17-18-32-11-5-8-14-38(32)41(37(29)4-2)35-25-21-30(22-26-35)31-23-27-36(28-24-31)42-39-15-9-6-12-33(39)19-20-34-13-7-10-16-40(34)42/h3-28H,1-2H3/b29-3-,37-4+. The summed E-state index contributed by atoms with van der Waals surface area (Å²) in [7, 11) is 0. The Morgan fingerprint density at radius 2 is 0.810 bits per heavy atom. The Bertz CT molecular complexity index is 1840. The number of benzene rings is 5. The molecule has 2 aliphatic rings. The van der Waals surface area contributed by atoms with Crippen molar-refractivity contribution in [1.29, 1.82) is 0 Å². The summed E-state index contributed by atoms with van der Waals surface area (Å²) in [5.41, 5.74) is 14.2. The summed E-state index contributed by atoms with van der Waals surface area (Å²) >= 11 is 0. The summed E-state index contributed by atoms with van der Waals surface area (Å²) in [4.78, 5) is 4.72. The molecule has 0 aliphatic carbocycles. The van der Waals surface area contributed by atoms with E-state index in [0.717, 1.165) is 11.4 Å². The quantitative estimate of drug-likeness (QED) is 0.220. The molecule has 0 saturated carbocycles. The molecule has 0 spiro atoms. The van der Waals surface area contributed by atoms with Crippen LogP contribution in [0.15, 0.2) is 151 Å². The third kappa shape index (κ3) is 4.48. The van der Waals surface area contributed by atoms with E-state index >= 15 is 0 Å². The molecule has 0 atom stereocenters. The molecule has 0 aromatic heterocycles. The van der Waals surface area contributed by atoms with Crippen molar-refractivity contribution in [3.8, 4) is 11.1 Å². The van der Waals surface area contributed by atoms with Crippen LogP contribution in [-0.2, 0) is 0 Å². The minimum absolute atomic E-state index is 1.14. The number of fused-ring (bicyclic) bond motifs is 3. The lowest BCUT2D eigenvalue weighted by Gasteiger charge is -2.28. The monoisotopic (exact) mass is 540 g/mol. The number of nitrogens with zero attached hydrogens (tertiary/aromatic N) is 2. The van der Waals surface area contributed by atoms with Crippen molar-refractivity contribution in [3.63, 3.8) is 0 Å². The van der Waals surface area contributed by atoms with Gasteiger partial charge in [0.05, 0.1) is 17.1 Å². The van der Waals surface area contributed by atoms with Crippen LogP contribution in [0.2, 0.25) is 0 Å². The van der Waals surface area contributed by atoms with Crippen molar-refractivity contribution in [1.82, 2.24) is 0 Å². The van der Waals surface area contributed by atoms with Crippen LogP contribution < -0.4 is 9.80 Å². The smallest absolute Gasteiger partial charge is 0.0534 e. The van der Waals surface area contributed by atoms with Crippen LogP contribution in [0.1, 0.15) is 30.5 Å². The van der Waals surface area contributed by atoms with Gasteiger partial charge in [0.15, 0.2) is 0 Å². The van der Waals surface area contributed by atoms with Crippen LogP contribution in [0, 0.1) is 0 Å². The summed E-state index contributed by atoms with van der Waals surface area (Å²) in [6, 6.07) is 43.6. The molecule has 0 unspecified atom stereocenters. The largest absolute Gasteiger partial charge is 0.310 e. The average molecular weight is 541 g/mol. The number of rotatable bonds is 3. The van der Waals surface area contributed by atoms with Crippen molar-refractivity contribution >= 4 is 46.7 Å². The number of anilines is 5. The van der Waals surface area contributed by atoms with Crippen molar-refractivity contribution < 1.29 is 0 Å². The van der Waals surface area contributed by atoms with Gasteiger partial charge in [-0.15, -0.1) is 0 Å². The Morgan fingerprint density at radius 1 is 0.405 bits per heavy atom. The van der Waals surface area contributed by atoms with Gasteiger partial charge in [0.25, 0.3) is 0 Å². The van der Waals surface area contributed by atoms with E-state index in [1.54, 1.807) is 0 Å². The van der Waals surface area contributed by atoms with Gasteiger partial charge in [-0.05, 0) is 89.7 Å². The molecule has 0 amide bonds. The zero-order valence-electron chi connectivity index (χ0n) is 23.9. The fourth-order valence-electron chi connectivity index (χ4n) is 6.03. The molecule has 0 saturated heterocycles. The molecule has 2 heterocycles. The highest BCUT2D eigenvalue weighted by Crippen LogP contribution is 2.43. The predicted octanol–water partition coefficient (Wildman–Crippen LogP) is 11.3. The Hall–Kier alpha value is -5.34. The van der Waals surface area contributed by atoms with Crippen LogP contribution >= 0.6 is 0 Å². The van der Waals surface area contributed by atoms with Crippen LogP contribution in [0.5, 0.6) is 0 Å². The molecular weight excluding hydrogens is 508 g/mol. The second kappa shape index (κ2) is 10.9. The van der Waals surface area contributed by atoms with Gasteiger partial charge in [0, 0.05) is 17.1 Å². The molecule has 0 radical (unpaired) electrons. The molecule has 0 fully saturated rings. The molecule has 202 valence electrons. The van der Waals surface area contributed by atoms with Crippen molar-refractivity contribution in [3.05, 3.63) is 168 Å². The minimum atomic E-state index is 1.14. The third-order valence-corrected chi connectivity index (χ3v) is 8.12. The fourth-order valence-corrected chi connectivity index (χ4v) is 6.03.